The van der Waals surface area contributed by atoms with E-state index in [1.807, 2.05) is 19.9 Å². The maximum absolute atomic E-state index is 12.2. The van der Waals surface area contributed by atoms with Gasteiger partial charge in [0.25, 0.3) is 5.91 Å². The zero-order chi connectivity index (χ0) is 23.5. The van der Waals surface area contributed by atoms with Crippen molar-refractivity contribution in [2.45, 2.75) is 32.7 Å². The molecular formula is C24H25ClN2O5. The topological polar surface area (TPSA) is 97.6 Å². The van der Waals surface area contributed by atoms with E-state index in [0.29, 0.717) is 35.1 Å². The Morgan fingerprint density at radius 3 is 2.50 bits per heavy atom. The van der Waals surface area contributed by atoms with E-state index in [4.69, 9.17) is 25.8 Å². The number of methoxy groups -OCH3 is 1. The molecule has 2 aromatic carbocycles. The van der Waals surface area contributed by atoms with Crippen molar-refractivity contribution in [3.05, 3.63) is 58.6 Å². The molecule has 2 rings (SSSR count). The number of carbonyl (C=O) groups is 2. The van der Waals surface area contributed by atoms with Gasteiger partial charge in [0.05, 0.1) is 13.7 Å². The Labute approximate surface area is 192 Å². The lowest BCUT2D eigenvalue weighted by Crippen LogP contribution is -2.30. The highest BCUT2D eigenvalue weighted by molar-refractivity contribution is 6.30. The molecule has 32 heavy (non-hydrogen) atoms. The number of rotatable bonds is 10. The van der Waals surface area contributed by atoms with Gasteiger partial charge >= 0.3 is 5.97 Å². The largest absolute Gasteiger partial charge is 0.494 e. The van der Waals surface area contributed by atoms with Gasteiger partial charge in [0, 0.05) is 17.5 Å². The van der Waals surface area contributed by atoms with Gasteiger partial charge in [-0.15, -0.1) is 0 Å². The Kier molecular flexibility index (Phi) is 9.58. The zero-order valence-electron chi connectivity index (χ0n) is 18.2. The van der Waals surface area contributed by atoms with Crippen LogP contribution in [0, 0.1) is 11.3 Å². The summed E-state index contributed by atoms with van der Waals surface area (Å²) >= 11 is 5.83. The smallest absolute Gasteiger partial charge is 0.311 e. The van der Waals surface area contributed by atoms with Crippen molar-refractivity contribution >= 4 is 29.6 Å². The first-order chi connectivity index (χ1) is 15.3. The molecule has 1 amide bonds. The van der Waals surface area contributed by atoms with Crippen LogP contribution in [0.25, 0.3) is 6.08 Å². The number of esters is 1. The highest BCUT2D eigenvalue weighted by Gasteiger charge is 2.13. The third-order valence-electron chi connectivity index (χ3n) is 4.11. The molecule has 0 atom stereocenters. The second-order valence-electron chi connectivity index (χ2n) is 7.09. The summed E-state index contributed by atoms with van der Waals surface area (Å²) in [6, 6.07) is 13.5. The van der Waals surface area contributed by atoms with Crippen LogP contribution >= 0.6 is 11.6 Å². The average molecular weight is 457 g/mol. The Morgan fingerprint density at radius 2 is 1.88 bits per heavy atom. The number of nitriles is 1. The predicted octanol–water partition coefficient (Wildman–Crippen LogP) is 4.54. The van der Waals surface area contributed by atoms with Gasteiger partial charge < -0.3 is 19.5 Å². The molecule has 0 spiro atoms. The molecule has 0 saturated heterocycles. The minimum atomic E-state index is -0.460. The van der Waals surface area contributed by atoms with Gasteiger partial charge in [-0.2, -0.15) is 5.26 Å². The van der Waals surface area contributed by atoms with E-state index in [2.05, 4.69) is 5.32 Å². The molecular weight excluding hydrogens is 432 g/mol. The molecule has 8 heteroatoms. The molecule has 0 aliphatic rings. The molecule has 0 radical (unpaired) electrons. The molecule has 0 aliphatic carbocycles. The number of benzene rings is 2. The van der Waals surface area contributed by atoms with Crippen LogP contribution in [0.1, 0.15) is 32.3 Å². The van der Waals surface area contributed by atoms with Gasteiger partial charge in [-0.05, 0) is 68.3 Å². The van der Waals surface area contributed by atoms with Crippen molar-refractivity contribution in [1.29, 1.82) is 5.26 Å². The number of carbonyl (C=O) groups excluding carboxylic acids is 2. The first kappa shape index (κ1) is 24.8. The maximum atomic E-state index is 12.2. The minimum absolute atomic E-state index is 0.0359. The molecule has 0 unspecified atom stereocenters. The van der Waals surface area contributed by atoms with Crippen LogP contribution < -0.4 is 19.5 Å². The highest BCUT2D eigenvalue weighted by Crippen LogP contribution is 2.29. The van der Waals surface area contributed by atoms with Crippen molar-refractivity contribution in [2.24, 2.45) is 0 Å². The van der Waals surface area contributed by atoms with Gasteiger partial charge in [-0.1, -0.05) is 17.7 Å². The van der Waals surface area contributed by atoms with E-state index in [1.54, 1.807) is 42.5 Å². The van der Waals surface area contributed by atoms with Crippen molar-refractivity contribution < 1.29 is 23.8 Å². The Morgan fingerprint density at radius 1 is 1.16 bits per heavy atom. The molecule has 0 aliphatic heterocycles. The summed E-state index contributed by atoms with van der Waals surface area (Å²) in [4.78, 5) is 24.2. The Hall–Kier alpha value is -3.50. The van der Waals surface area contributed by atoms with Crippen LogP contribution in [0.2, 0.25) is 5.02 Å². The van der Waals surface area contributed by atoms with E-state index in [1.165, 1.54) is 13.2 Å². The number of hydrogen-bond donors (Lipinski definition) is 1. The van der Waals surface area contributed by atoms with Gasteiger partial charge in [0.2, 0.25) is 0 Å². The summed E-state index contributed by atoms with van der Waals surface area (Å²) in [5.41, 5.74) is 0.527. The normalized spacial score (nSPS) is 10.9. The quantitative estimate of drug-likeness (QED) is 0.185. The van der Waals surface area contributed by atoms with Crippen LogP contribution in [0.4, 0.5) is 0 Å². The molecule has 1 N–H and O–H groups in total. The molecule has 2 aromatic rings. The zero-order valence-corrected chi connectivity index (χ0v) is 18.9. The Balaban J connectivity index is 1.94. The molecule has 0 bridgehead atoms. The van der Waals surface area contributed by atoms with E-state index < -0.39 is 11.9 Å². The fourth-order valence-electron chi connectivity index (χ4n) is 2.62. The van der Waals surface area contributed by atoms with Gasteiger partial charge in [-0.25, -0.2) is 0 Å². The molecule has 7 nitrogen and oxygen atoms in total. The molecule has 0 fully saturated rings. The SMILES string of the molecule is COc1cc(/C=C(\C#N)C(=O)NC(C)C)ccc1OC(=O)CCCOc1ccc(Cl)cc1. The van der Waals surface area contributed by atoms with Crippen LogP contribution in [-0.4, -0.2) is 31.6 Å². The number of ether oxygens (including phenoxy) is 3. The predicted molar refractivity (Wildman–Crippen MR) is 122 cm³/mol. The second kappa shape index (κ2) is 12.4. The Bertz CT molecular complexity index is 1010. The molecule has 168 valence electrons. The summed E-state index contributed by atoms with van der Waals surface area (Å²) in [6.45, 7) is 3.97. The standard InChI is InChI=1S/C24H25ClN2O5/c1-16(2)27-24(29)18(15-26)13-17-6-11-21(22(14-17)30-3)32-23(28)5-4-12-31-20-9-7-19(25)8-10-20/h6-11,13-14,16H,4-5,12H2,1-3H3,(H,27,29)/b18-13+. The first-order valence-corrected chi connectivity index (χ1v) is 10.4. The maximum Gasteiger partial charge on any atom is 0.311 e. The molecule has 0 saturated carbocycles. The highest BCUT2D eigenvalue weighted by atomic mass is 35.5. The molecule has 0 aromatic heterocycles. The number of nitrogens with one attached hydrogen (secondary N) is 1. The second-order valence-corrected chi connectivity index (χ2v) is 7.52. The third kappa shape index (κ3) is 7.97. The van der Waals surface area contributed by atoms with Crippen molar-refractivity contribution in [3.63, 3.8) is 0 Å². The third-order valence-corrected chi connectivity index (χ3v) is 4.37. The number of amides is 1. The number of halogens is 1. The summed E-state index contributed by atoms with van der Waals surface area (Å²) in [5.74, 6) is 0.342. The van der Waals surface area contributed by atoms with E-state index in [9.17, 15) is 14.9 Å². The monoisotopic (exact) mass is 456 g/mol. The van der Waals surface area contributed by atoms with E-state index in [0.717, 1.165) is 0 Å². The summed E-state index contributed by atoms with van der Waals surface area (Å²) in [5, 5.41) is 12.6. The molecule has 0 heterocycles. The van der Waals surface area contributed by atoms with Crippen molar-refractivity contribution in [3.8, 4) is 23.3 Å². The van der Waals surface area contributed by atoms with E-state index in [-0.39, 0.29) is 23.8 Å². The van der Waals surface area contributed by atoms with Gasteiger partial charge in [0.15, 0.2) is 11.5 Å². The summed E-state index contributed by atoms with van der Waals surface area (Å²) < 4.78 is 16.2. The fourth-order valence-corrected chi connectivity index (χ4v) is 2.75. The van der Waals surface area contributed by atoms with Crippen molar-refractivity contribution in [1.82, 2.24) is 5.32 Å². The lowest BCUT2D eigenvalue weighted by molar-refractivity contribution is -0.134. The van der Waals surface area contributed by atoms with Crippen LogP contribution in [0.5, 0.6) is 17.2 Å². The van der Waals surface area contributed by atoms with E-state index >= 15 is 0 Å². The fraction of sp³-hybridized carbons (Fsp3) is 0.292. The summed E-state index contributed by atoms with van der Waals surface area (Å²) in [6.07, 6.45) is 2.08. The first-order valence-electron chi connectivity index (χ1n) is 10.0. The van der Waals surface area contributed by atoms with Crippen LogP contribution in [0.3, 0.4) is 0 Å². The van der Waals surface area contributed by atoms with Crippen LogP contribution in [-0.2, 0) is 9.59 Å². The minimum Gasteiger partial charge on any atom is -0.494 e. The van der Waals surface area contributed by atoms with Crippen molar-refractivity contribution in [2.75, 3.05) is 13.7 Å². The van der Waals surface area contributed by atoms with Crippen LogP contribution in [0.15, 0.2) is 48.0 Å². The lowest BCUT2D eigenvalue weighted by atomic mass is 10.1. The van der Waals surface area contributed by atoms with Gasteiger partial charge in [0.1, 0.15) is 17.4 Å². The van der Waals surface area contributed by atoms with Gasteiger partial charge in [-0.3, -0.25) is 9.59 Å². The lowest BCUT2D eigenvalue weighted by Gasteiger charge is -2.11. The number of nitrogens with zero attached hydrogens (tertiary/aromatic N) is 1. The number of hydrogen-bond acceptors (Lipinski definition) is 6. The average Bonchev–Trinajstić information content (AvgIpc) is 2.76. The summed E-state index contributed by atoms with van der Waals surface area (Å²) in [7, 11) is 1.44.